The SMILES string of the molecule is O=C1/C(=C\c2cccs2)N=C(c2ccccc2)NN1c1ccccc1. The van der Waals surface area contributed by atoms with Crippen molar-refractivity contribution in [1.29, 1.82) is 0 Å². The van der Waals surface area contributed by atoms with Gasteiger partial charge in [0.05, 0.1) is 5.69 Å². The second-order valence-corrected chi connectivity index (χ2v) is 6.44. The molecule has 1 N–H and O–H groups in total. The third kappa shape index (κ3) is 3.22. The number of hydrogen-bond acceptors (Lipinski definition) is 4. The van der Waals surface area contributed by atoms with Crippen molar-refractivity contribution in [2.24, 2.45) is 4.99 Å². The molecule has 122 valence electrons. The monoisotopic (exact) mass is 345 g/mol. The summed E-state index contributed by atoms with van der Waals surface area (Å²) < 4.78 is 0. The van der Waals surface area contributed by atoms with Gasteiger partial charge in [0.15, 0.2) is 5.84 Å². The number of anilines is 1. The lowest BCUT2D eigenvalue weighted by Gasteiger charge is -2.29. The Morgan fingerprint density at radius 2 is 1.64 bits per heavy atom. The third-order valence-electron chi connectivity index (χ3n) is 3.76. The Morgan fingerprint density at radius 3 is 2.32 bits per heavy atom. The van der Waals surface area contributed by atoms with E-state index in [4.69, 9.17) is 0 Å². The fraction of sp³-hybridized carbons (Fsp3) is 0. The van der Waals surface area contributed by atoms with Crippen LogP contribution >= 0.6 is 11.3 Å². The summed E-state index contributed by atoms with van der Waals surface area (Å²) in [4.78, 5) is 18.5. The van der Waals surface area contributed by atoms with Crippen molar-refractivity contribution < 1.29 is 4.79 Å². The number of nitrogens with one attached hydrogen (secondary N) is 1. The van der Waals surface area contributed by atoms with Gasteiger partial charge < -0.3 is 0 Å². The van der Waals surface area contributed by atoms with Crippen molar-refractivity contribution in [1.82, 2.24) is 5.43 Å². The molecule has 0 radical (unpaired) electrons. The fourth-order valence-electron chi connectivity index (χ4n) is 2.55. The number of hydrazine groups is 1. The summed E-state index contributed by atoms with van der Waals surface area (Å²) in [5, 5.41) is 3.52. The van der Waals surface area contributed by atoms with Gasteiger partial charge in [0.25, 0.3) is 5.91 Å². The summed E-state index contributed by atoms with van der Waals surface area (Å²) in [6.45, 7) is 0. The molecule has 0 fully saturated rings. The number of nitrogens with zero attached hydrogens (tertiary/aromatic N) is 2. The Balaban J connectivity index is 1.80. The van der Waals surface area contributed by atoms with Gasteiger partial charge in [-0.25, -0.2) is 10.0 Å². The maximum absolute atomic E-state index is 12.9. The summed E-state index contributed by atoms with van der Waals surface area (Å²) in [7, 11) is 0. The molecule has 0 saturated carbocycles. The van der Waals surface area contributed by atoms with Crippen molar-refractivity contribution in [2.45, 2.75) is 0 Å². The van der Waals surface area contributed by atoms with Crippen molar-refractivity contribution in [3.63, 3.8) is 0 Å². The van der Waals surface area contributed by atoms with Gasteiger partial charge in [-0.3, -0.25) is 10.2 Å². The summed E-state index contributed by atoms with van der Waals surface area (Å²) in [5.41, 5.74) is 5.24. The molecule has 4 rings (SSSR count). The first kappa shape index (κ1) is 15.4. The zero-order chi connectivity index (χ0) is 17.1. The number of amides is 1. The van der Waals surface area contributed by atoms with Crippen LogP contribution in [0.25, 0.3) is 6.08 Å². The maximum atomic E-state index is 12.9. The zero-order valence-electron chi connectivity index (χ0n) is 13.3. The predicted octanol–water partition coefficient (Wildman–Crippen LogP) is 4.09. The third-order valence-corrected chi connectivity index (χ3v) is 4.58. The van der Waals surface area contributed by atoms with Crippen LogP contribution in [0.3, 0.4) is 0 Å². The van der Waals surface area contributed by atoms with E-state index in [1.54, 1.807) is 11.3 Å². The molecule has 0 atom stereocenters. The lowest BCUT2D eigenvalue weighted by atomic mass is 10.2. The highest BCUT2D eigenvalue weighted by atomic mass is 32.1. The number of hydrogen-bond donors (Lipinski definition) is 1. The molecular formula is C20H15N3OS. The number of carbonyl (C=O) groups excluding carboxylic acids is 1. The molecule has 3 aromatic rings. The molecule has 0 spiro atoms. The van der Waals surface area contributed by atoms with E-state index in [2.05, 4.69) is 10.4 Å². The predicted molar refractivity (Wildman–Crippen MR) is 102 cm³/mol. The number of rotatable bonds is 3. The second-order valence-electron chi connectivity index (χ2n) is 5.46. The minimum Gasteiger partial charge on any atom is -0.274 e. The topological polar surface area (TPSA) is 44.7 Å². The van der Waals surface area contributed by atoms with Crippen LogP contribution in [0.2, 0.25) is 0 Å². The molecule has 1 aromatic heterocycles. The van der Waals surface area contributed by atoms with Gasteiger partial charge >= 0.3 is 0 Å². The molecule has 4 nitrogen and oxygen atoms in total. The zero-order valence-corrected chi connectivity index (χ0v) is 14.1. The first-order valence-electron chi connectivity index (χ1n) is 7.87. The summed E-state index contributed by atoms with van der Waals surface area (Å²) >= 11 is 1.58. The average molecular weight is 345 g/mol. The number of thiophene rings is 1. The van der Waals surface area contributed by atoms with E-state index in [0.29, 0.717) is 11.5 Å². The minimum absolute atomic E-state index is 0.181. The van der Waals surface area contributed by atoms with Crippen LogP contribution < -0.4 is 10.4 Å². The minimum atomic E-state index is -0.181. The van der Waals surface area contributed by atoms with E-state index in [1.165, 1.54) is 5.01 Å². The molecule has 0 aliphatic carbocycles. The van der Waals surface area contributed by atoms with Crippen molar-refractivity contribution in [3.8, 4) is 0 Å². The van der Waals surface area contributed by atoms with Crippen molar-refractivity contribution in [2.75, 3.05) is 5.01 Å². The number of aliphatic imine (C=N–C) groups is 1. The van der Waals surface area contributed by atoms with Gasteiger partial charge in [-0.2, -0.15) is 0 Å². The van der Waals surface area contributed by atoms with Crippen LogP contribution in [0, 0.1) is 0 Å². The highest BCUT2D eigenvalue weighted by molar-refractivity contribution is 7.10. The van der Waals surface area contributed by atoms with Crippen LogP contribution in [0.1, 0.15) is 10.4 Å². The van der Waals surface area contributed by atoms with Crippen molar-refractivity contribution >= 4 is 34.8 Å². The highest BCUT2D eigenvalue weighted by Crippen LogP contribution is 2.22. The van der Waals surface area contributed by atoms with Crippen LogP contribution in [0.5, 0.6) is 0 Å². The Hall–Kier alpha value is -3.18. The molecule has 0 bridgehead atoms. The maximum Gasteiger partial charge on any atom is 0.295 e. The van der Waals surface area contributed by atoms with Crippen LogP contribution in [-0.2, 0) is 4.79 Å². The van der Waals surface area contributed by atoms with Gasteiger partial charge in [-0.05, 0) is 29.7 Å². The normalized spacial score (nSPS) is 15.8. The standard InChI is InChI=1S/C20H15N3OS/c24-20-18(14-17-12-7-13-25-17)21-19(15-8-3-1-4-9-15)22-23(20)16-10-5-2-6-11-16/h1-14H,(H,21,22)/b18-14+. The molecule has 2 aromatic carbocycles. The molecule has 1 aliphatic heterocycles. The number of para-hydroxylation sites is 1. The summed E-state index contributed by atoms with van der Waals surface area (Å²) in [5.74, 6) is 0.464. The van der Waals surface area contributed by atoms with Crippen LogP contribution in [0.15, 0.2) is 88.9 Å². The van der Waals surface area contributed by atoms with Gasteiger partial charge in [-0.15, -0.1) is 11.3 Å². The molecule has 1 amide bonds. The molecule has 2 heterocycles. The smallest absolute Gasteiger partial charge is 0.274 e. The van der Waals surface area contributed by atoms with Gasteiger partial charge in [-0.1, -0.05) is 54.6 Å². The molecule has 5 heteroatoms. The Bertz CT molecular complexity index is 932. The lowest BCUT2D eigenvalue weighted by Crippen LogP contribution is -2.50. The molecular weight excluding hydrogens is 330 g/mol. The number of amidine groups is 1. The Morgan fingerprint density at radius 1 is 0.920 bits per heavy atom. The van der Waals surface area contributed by atoms with Crippen LogP contribution in [0.4, 0.5) is 5.69 Å². The van der Waals surface area contributed by atoms with E-state index in [1.807, 2.05) is 84.3 Å². The number of carbonyl (C=O) groups is 1. The quantitative estimate of drug-likeness (QED) is 0.727. The second kappa shape index (κ2) is 6.75. The average Bonchev–Trinajstić information content (AvgIpc) is 3.18. The van der Waals surface area contributed by atoms with Crippen molar-refractivity contribution in [3.05, 3.63) is 94.3 Å². The molecule has 25 heavy (non-hydrogen) atoms. The van der Waals surface area contributed by atoms with Gasteiger partial charge in [0.1, 0.15) is 5.70 Å². The first-order chi connectivity index (χ1) is 12.3. The Labute approximate surface area is 149 Å². The van der Waals surface area contributed by atoms with E-state index in [9.17, 15) is 4.79 Å². The number of benzene rings is 2. The van der Waals surface area contributed by atoms with Gasteiger partial charge in [0, 0.05) is 10.4 Å². The summed E-state index contributed by atoms with van der Waals surface area (Å²) in [6, 6.07) is 23.2. The van der Waals surface area contributed by atoms with E-state index >= 15 is 0 Å². The van der Waals surface area contributed by atoms with E-state index < -0.39 is 0 Å². The Kier molecular flexibility index (Phi) is 4.14. The first-order valence-corrected chi connectivity index (χ1v) is 8.75. The molecule has 0 unspecified atom stereocenters. The fourth-order valence-corrected chi connectivity index (χ4v) is 3.20. The lowest BCUT2D eigenvalue weighted by molar-refractivity contribution is -0.115. The van der Waals surface area contributed by atoms with E-state index in [0.717, 1.165) is 16.1 Å². The summed E-state index contributed by atoms with van der Waals surface area (Å²) in [6.07, 6.45) is 1.83. The molecule has 0 saturated heterocycles. The molecule has 1 aliphatic rings. The highest BCUT2D eigenvalue weighted by Gasteiger charge is 2.27. The largest absolute Gasteiger partial charge is 0.295 e. The van der Waals surface area contributed by atoms with Crippen LogP contribution in [-0.4, -0.2) is 11.7 Å². The van der Waals surface area contributed by atoms with E-state index in [-0.39, 0.29) is 5.91 Å². The van der Waals surface area contributed by atoms with Gasteiger partial charge in [0.2, 0.25) is 0 Å².